The van der Waals surface area contributed by atoms with Crippen LogP contribution in [-0.4, -0.2) is 66.7 Å². The molecule has 9 nitrogen and oxygen atoms in total. The first kappa shape index (κ1) is 24.9. The largest absolute Gasteiger partial charge is 0.493 e. The van der Waals surface area contributed by atoms with Crippen LogP contribution in [0, 0.1) is 5.41 Å². The minimum Gasteiger partial charge on any atom is -0.493 e. The van der Waals surface area contributed by atoms with Crippen LogP contribution in [0.1, 0.15) is 23.8 Å². The van der Waals surface area contributed by atoms with Gasteiger partial charge in [-0.25, -0.2) is 9.97 Å². The highest BCUT2D eigenvalue weighted by molar-refractivity contribution is 8.01. The highest BCUT2D eigenvalue weighted by Gasteiger charge is 2.39. The van der Waals surface area contributed by atoms with E-state index >= 15 is 0 Å². The summed E-state index contributed by atoms with van der Waals surface area (Å²) in [5.41, 5.74) is 8.15. The number of fused-ring (bicyclic) bond motifs is 1. The van der Waals surface area contributed by atoms with E-state index in [0.717, 1.165) is 30.7 Å². The summed E-state index contributed by atoms with van der Waals surface area (Å²) in [6, 6.07) is 9.19. The minimum absolute atomic E-state index is 0.320. The molecule has 2 atom stereocenters. The number of rotatable bonds is 8. The summed E-state index contributed by atoms with van der Waals surface area (Å²) < 4.78 is 16.8. The lowest BCUT2D eigenvalue weighted by Crippen LogP contribution is -2.38. The fraction of sp³-hybridized carbons (Fsp3) is 0.400. The van der Waals surface area contributed by atoms with Gasteiger partial charge >= 0.3 is 0 Å². The molecule has 3 aromatic rings. The number of benzene rings is 2. The quantitative estimate of drug-likeness (QED) is 0.442. The number of nitrogens with zero attached hydrogens (tertiary/aromatic N) is 4. The van der Waals surface area contributed by atoms with E-state index in [9.17, 15) is 0 Å². The molecule has 1 aromatic heterocycles. The third-order valence-electron chi connectivity index (χ3n) is 6.52. The maximum atomic E-state index is 8.98. The topological polar surface area (TPSA) is 110 Å². The highest BCUT2D eigenvalue weighted by Crippen LogP contribution is 2.45. The molecule has 190 valence electrons. The second kappa shape index (κ2) is 10.7. The lowest BCUT2D eigenvalue weighted by Gasteiger charge is -2.23. The third kappa shape index (κ3) is 4.78. The molecule has 11 heteroatoms. The van der Waals surface area contributed by atoms with Gasteiger partial charge in [-0.2, -0.15) is 0 Å². The molecule has 5 rings (SSSR count). The molecule has 3 heterocycles. The molecule has 2 unspecified atom stereocenters. The molecule has 0 radical (unpaired) electrons. The van der Waals surface area contributed by atoms with E-state index in [2.05, 4.69) is 14.9 Å². The normalized spacial score (nSPS) is 20.3. The summed E-state index contributed by atoms with van der Waals surface area (Å²) in [5, 5.41) is 9.87. The summed E-state index contributed by atoms with van der Waals surface area (Å²) in [5.74, 6) is 2.11. The third-order valence-corrected chi connectivity index (χ3v) is 8.02. The highest BCUT2D eigenvalue weighted by atomic mass is 35.5. The predicted molar refractivity (Wildman–Crippen MR) is 144 cm³/mol. The van der Waals surface area contributed by atoms with Crippen LogP contribution >= 0.6 is 23.4 Å². The number of hydrogen-bond acceptors (Lipinski definition) is 9. The average molecular weight is 529 g/mol. The maximum Gasteiger partial charge on any atom is 0.162 e. The SMILES string of the molecule is COc1cc2ncnc(C3SC(N)N(c4ccc(OCCN5CCCC5)c(Cl)c4)C3=N)c2cc1OC. The monoisotopic (exact) mass is 528 g/mol. The molecule has 2 saturated heterocycles. The molecule has 0 spiro atoms. The van der Waals surface area contributed by atoms with Crippen LogP contribution in [0.4, 0.5) is 5.69 Å². The van der Waals surface area contributed by atoms with Crippen molar-refractivity contribution in [1.82, 2.24) is 14.9 Å². The van der Waals surface area contributed by atoms with Crippen LogP contribution in [0.25, 0.3) is 10.9 Å². The Morgan fingerprint density at radius 3 is 2.56 bits per heavy atom. The number of thioether (sulfide) groups is 1. The second-order valence-corrected chi connectivity index (χ2v) is 10.3. The Morgan fingerprint density at radius 2 is 1.83 bits per heavy atom. The summed E-state index contributed by atoms with van der Waals surface area (Å²) in [6.07, 6.45) is 4.00. The zero-order valence-corrected chi connectivity index (χ0v) is 21.8. The number of methoxy groups -OCH3 is 2. The molecule has 2 aliphatic rings. The molecule has 3 N–H and O–H groups in total. The predicted octanol–water partition coefficient (Wildman–Crippen LogP) is 4.29. The van der Waals surface area contributed by atoms with Gasteiger partial charge in [0.25, 0.3) is 0 Å². The van der Waals surface area contributed by atoms with Crippen LogP contribution in [0.15, 0.2) is 36.7 Å². The minimum atomic E-state index is -0.481. The van der Waals surface area contributed by atoms with Crippen molar-refractivity contribution in [3.05, 3.63) is 47.4 Å². The molecule has 2 fully saturated rings. The Morgan fingerprint density at radius 1 is 1.08 bits per heavy atom. The number of likely N-dealkylation sites (tertiary alicyclic amines) is 1. The smallest absolute Gasteiger partial charge is 0.162 e. The first-order chi connectivity index (χ1) is 17.5. The Bertz CT molecular complexity index is 1270. The molecule has 2 aliphatic heterocycles. The van der Waals surface area contributed by atoms with E-state index in [1.54, 1.807) is 25.2 Å². The number of aromatic nitrogens is 2. The van der Waals surface area contributed by atoms with E-state index in [0.29, 0.717) is 45.9 Å². The Balaban J connectivity index is 1.37. The molecule has 0 amide bonds. The van der Waals surface area contributed by atoms with Crippen molar-refractivity contribution in [3.63, 3.8) is 0 Å². The lowest BCUT2D eigenvalue weighted by molar-refractivity contribution is 0.238. The fourth-order valence-electron chi connectivity index (χ4n) is 4.67. The summed E-state index contributed by atoms with van der Waals surface area (Å²) >= 11 is 8.01. The van der Waals surface area contributed by atoms with Crippen LogP contribution in [0.5, 0.6) is 17.2 Å². The summed E-state index contributed by atoms with van der Waals surface area (Å²) in [4.78, 5) is 13.1. The van der Waals surface area contributed by atoms with E-state index in [1.165, 1.54) is 30.9 Å². The number of ether oxygens (including phenoxy) is 3. The molecule has 2 aromatic carbocycles. The van der Waals surface area contributed by atoms with Crippen molar-refractivity contribution < 1.29 is 14.2 Å². The summed E-state index contributed by atoms with van der Waals surface area (Å²) in [6.45, 7) is 3.74. The molecule has 0 saturated carbocycles. The second-order valence-electron chi connectivity index (χ2n) is 8.66. The van der Waals surface area contributed by atoms with E-state index in [-0.39, 0.29) is 0 Å². The van der Waals surface area contributed by atoms with Crippen molar-refractivity contribution in [1.29, 1.82) is 5.41 Å². The number of amidine groups is 1. The standard InChI is InChI=1S/C25H29ClN6O3S/c1-33-20-12-16-18(13-21(20)34-2)29-14-30-22(16)23-24(27)32(25(28)36-23)15-5-6-19(17(26)11-15)35-10-9-31-7-3-4-8-31/h5-6,11-14,23,25,27H,3-4,7-10,28H2,1-2H3. The molecular formula is C25H29ClN6O3S. The Kier molecular flexibility index (Phi) is 7.38. The van der Waals surface area contributed by atoms with Gasteiger partial charge in [-0.1, -0.05) is 11.6 Å². The van der Waals surface area contributed by atoms with Crippen molar-refractivity contribution in [2.24, 2.45) is 5.73 Å². The fourth-order valence-corrected chi connectivity index (χ4v) is 6.09. The van der Waals surface area contributed by atoms with Gasteiger partial charge in [0.15, 0.2) is 11.5 Å². The molecular weight excluding hydrogens is 500 g/mol. The first-order valence-corrected chi connectivity index (χ1v) is 13.1. The Hall–Kier alpha value is -2.79. The van der Waals surface area contributed by atoms with Crippen molar-refractivity contribution in [2.45, 2.75) is 23.6 Å². The number of halogens is 1. The van der Waals surface area contributed by atoms with Gasteiger partial charge in [-0.05, 0) is 50.2 Å². The number of nitrogens with two attached hydrogens (primary N) is 1. The van der Waals surface area contributed by atoms with Gasteiger partial charge in [-0.15, -0.1) is 11.8 Å². The Labute approximate surface area is 219 Å². The number of anilines is 1. The number of hydrogen-bond donors (Lipinski definition) is 2. The summed E-state index contributed by atoms with van der Waals surface area (Å²) in [7, 11) is 3.17. The number of nitrogens with one attached hydrogen (secondary N) is 1. The zero-order chi connectivity index (χ0) is 25.2. The molecule has 36 heavy (non-hydrogen) atoms. The van der Waals surface area contributed by atoms with Gasteiger partial charge < -0.3 is 24.8 Å². The van der Waals surface area contributed by atoms with Gasteiger partial charge in [0.2, 0.25) is 0 Å². The van der Waals surface area contributed by atoms with Crippen LogP contribution < -0.4 is 24.8 Å². The van der Waals surface area contributed by atoms with E-state index in [1.807, 2.05) is 24.3 Å². The lowest BCUT2D eigenvalue weighted by atomic mass is 10.1. The van der Waals surface area contributed by atoms with Gasteiger partial charge in [0.05, 0.1) is 30.5 Å². The molecule has 0 bridgehead atoms. The molecule has 0 aliphatic carbocycles. The van der Waals surface area contributed by atoms with Gasteiger partial charge in [0.1, 0.15) is 35.3 Å². The van der Waals surface area contributed by atoms with Crippen molar-refractivity contribution in [2.75, 3.05) is 45.4 Å². The van der Waals surface area contributed by atoms with Crippen LogP contribution in [0.3, 0.4) is 0 Å². The van der Waals surface area contributed by atoms with Gasteiger partial charge in [-0.3, -0.25) is 10.3 Å². The van der Waals surface area contributed by atoms with Crippen molar-refractivity contribution in [3.8, 4) is 17.2 Å². The van der Waals surface area contributed by atoms with Gasteiger partial charge in [0, 0.05) is 23.7 Å². The zero-order valence-electron chi connectivity index (χ0n) is 20.2. The average Bonchev–Trinajstić information content (AvgIpc) is 3.51. The van der Waals surface area contributed by atoms with E-state index in [4.69, 9.17) is 37.0 Å². The van der Waals surface area contributed by atoms with Crippen LogP contribution in [-0.2, 0) is 0 Å². The van der Waals surface area contributed by atoms with Crippen molar-refractivity contribution >= 4 is 45.8 Å². The van der Waals surface area contributed by atoms with E-state index < -0.39 is 10.7 Å². The first-order valence-electron chi connectivity index (χ1n) is 11.8. The van der Waals surface area contributed by atoms with Crippen LogP contribution in [0.2, 0.25) is 5.02 Å². The maximum absolute atomic E-state index is 8.98.